The van der Waals surface area contributed by atoms with E-state index in [0.29, 0.717) is 17.0 Å². The maximum Gasteiger partial charge on any atom is 0.337 e. The van der Waals surface area contributed by atoms with Crippen LogP contribution in [-0.4, -0.2) is 35.7 Å². The molecule has 0 bridgehead atoms. The Morgan fingerprint density at radius 2 is 1.62 bits per heavy atom. The monoisotopic (exact) mass is 351 g/mol. The fourth-order valence-electron chi connectivity index (χ4n) is 2.00. The number of benzene rings is 2. The Bertz CT molecular complexity index is 830. The van der Waals surface area contributed by atoms with Crippen molar-refractivity contribution in [2.24, 2.45) is 0 Å². The predicted octanol–water partition coefficient (Wildman–Crippen LogP) is 2.29. The van der Waals surface area contributed by atoms with Crippen LogP contribution in [0.3, 0.4) is 0 Å². The quantitative estimate of drug-likeness (QED) is 0.803. The van der Waals surface area contributed by atoms with Crippen molar-refractivity contribution in [3.8, 4) is 11.5 Å². The van der Waals surface area contributed by atoms with Gasteiger partial charge in [-0.15, -0.1) is 0 Å². The molecule has 2 aromatic rings. The molecule has 0 aromatic heterocycles. The number of anilines is 1. The van der Waals surface area contributed by atoms with Gasteiger partial charge < -0.3 is 14.2 Å². The maximum atomic E-state index is 12.6. The first kappa shape index (κ1) is 17.6. The van der Waals surface area contributed by atoms with Crippen LogP contribution >= 0.6 is 0 Å². The summed E-state index contributed by atoms with van der Waals surface area (Å²) in [5.74, 6) is 0.0746. The molecule has 2 rings (SSSR count). The van der Waals surface area contributed by atoms with Crippen LogP contribution in [-0.2, 0) is 14.8 Å². The van der Waals surface area contributed by atoms with Gasteiger partial charge in [0, 0.05) is 11.8 Å². The van der Waals surface area contributed by atoms with E-state index in [1.165, 1.54) is 57.7 Å². The zero-order valence-corrected chi connectivity index (χ0v) is 14.2. The number of ether oxygens (including phenoxy) is 3. The highest BCUT2D eigenvalue weighted by atomic mass is 32.2. The summed E-state index contributed by atoms with van der Waals surface area (Å²) < 4.78 is 42.3. The summed E-state index contributed by atoms with van der Waals surface area (Å²) in [6.07, 6.45) is 0. The molecule has 7 nitrogen and oxygen atoms in total. The van der Waals surface area contributed by atoms with Gasteiger partial charge in [-0.3, -0.25) is 4.72 Å². The van der Waals surface area contributed by atoms with E-state index in [2.05, 4.69) is 9.46 Å². The normalized spacial score (nSPS) is 10.8. The molecule has 8 heteroatoms. The molecule has 0 fully saturated rings. The lowest BCUT2D eigenvalue weighted by Gasteiger charge is -2.13. The fourth-order valence-corrected chi connectivity index (χ4v) is 3.24. The Morgan fingerprint density at radius 1 is 0.958 bits per heavy atom. The van der Waals surface area contributed by atoms with Crippen LogP contribution in [0.25, 0.3) is 0 Å². The van der Waals surface area contributed by atoms with Gasteiger partial charge in [0.15, 0.2) is 0 Å². The lowest BCUT2D eigenvalue weighted by atomic mass is 10.2. The highest BCUT2D eigenvalue weighted by Crippen LogP contribution is 2.29. The molecule has 0 atom stereocenters. The molecular weight excluding hydrogens is 334 g/mol. The van der Waals surface area contributed by atoms with E-state index in [0.717, 1.165) is 0 Å². The Labute approximate surface area is 140 Å². The number of carbonyl (C=O) groups is 1. The molecular formula is C16H17NO6S. The first-order valence-corrected chi connectivity index (χ1v) is 8.33. The van der Waals surface area contributed by atoms with Gasteiger partial charge in [-0.2, -0.15) is 0 Å². The average Bonchev–Trinajstić information content (AvgIpc) is 2.60. The second kappa shape index (κ2) is 7.22. The summed E-state index contributed by atoms with van der Waals surface area (Å²) in [5, 5.41) is 0. The van der Waals surface area contributed by atoms with Crippen LogP contribution in [0.4, 0.5) is 5.69 Å². The number of hydrogen-bond donors (Lipinski definition) is 1. The van der Waals surface area contributed by atoms with Crippen molar-refractivity contribution < 1.29 is 27.4 Å². The van der Waals surface area contributed by atoms with Crippen LogP contribution in [0.2, 0.25) is 0 Å². The van der Waals surface area contributed by atoms with Crippen molar-refractivity contribution in [1.82, 2.24) is 0 Å². The molecule has 0 saturated heterocycles. The van der Waals surface area contributed by atoms with E-state index in [1.807, 2.05) is 0 Å². The highest BCUT2D eigenvalue weighted by molar-refractivity contribution is 7.92. The van der Waals surface area contributed by atoms with Crippen molar-refractivity contribution in [3.63, 3.8) is 0 Å². The van der Waals surface area contributed by atoms with Gasteiger partial charge in [0.2, 0.25) is 0 Å². The number of carbonyl (C=O) groups excluding carboxylic acids is 1. The number of sulfonamides is 1. The van der Waals surface area contributed by atoms with E-state index < -0.39 is 16.0 Å². The minimum absolute atomic E-state index is 0.0543. The number of rotatable bonds is 6. The van der Waals surface area contributed by atoms with Crippen LogP contribution in [0.1, 0.15) is 10.4 Å². The molecule has 0 saturated carbocycles. The fraction of sp³-hybridized carbons (Fsp3) is 0.188. The van der Waals surface area contributed by atoms with Gasteiger partial charge in [0.25, 0.3) is 10.0 Å². The number of methoxy groups -OCH3 is 3. The molecule has 0 amide bonds. The van der Waals surface area contributed by atoms with E-state index in [-0.39, 0.29) is 10.6 Å². The molecule has 0 aliphatic heterocycles. The third kappa shape index (κ3) is 3.77. The largest absolute Gasteiger partial charge is 0.497 e. The molecule has 1 N–H and O–H groups in total. The van der Waals surface area contributed by atoms with Crippen molar-refractivity contribution in [2.45, 2.75) is 4.90 Å². The third-order valence-corrected chi connectivity index (χ3v) is 4.62. The summed E-state index contributed by atoms with van der Waals surface area (Å²) >= 11 is 0. The summed E-state index contributed by atoms with van der Waals surface area (Å²) in [4.78, 5) is 11.3. The minimum Gasteiger partial charge on any atom is -0.497 e. The van der Waals surface area contributed by atoms with E-state index in [4.69, 9.17) is 9.47 Å². The van der Waals surface area contributed by atoms with E-state index in [1.54, 1.807) is 6.07 Å². The smallest absolute Gasteiger partial charge is 0.337 e. The molecule has 24 heavy (non-hydrogen) atoms. The second-order valence-electron chi connectivity index (χ2n) is 4.69. The van der Waals surface area contributed by atoms with Crippen LogP contribution in [0.5, 0.6) is 11.5 Å². The first-order chi connectivity index (χ1) is 11.4. The Kier molecular flexibility index (Phi) is 5.30. The molecule has 2 aromatic carbocycles. The topological polar surface area (TPSA) is 90.9 Å². The van der Waals surface area contributed by atoms with Gasteiger partial charge in [-0.1, -0.05) is 0 Å². The summed E-state index contributed by atoms with van der Waals surface area (Å²) in [6.45, 7) is 0. The number of hydrogen-bond acceptors (Lipinski definition) is 6. The minimum atomic E-state index is -3.90. The van der Waals surface area contributed by atoms with E-state index in [9.17, 15) is 13.2 Å². The summed E-state index contributed by atoms with van der Waals surface area (Å²) in [5.41, 5.74) is 0.618. The van der Waals surface area contributed by atoms with Gasteiger partial charge in [0.05, 0.1) is 26.9 Å². The van der Waals surface area contributed by atoms with Gasteiger partial charge in [-0.05, 0) is 36.4 Å². The Morgan fingerprint density at radius 3 is 2.17 bits per heavy atom. The van der Waals surface area contributed by atoms with Crippen LogP contribution in [0.15, 0.2) is 47.4 Å². The van der Waals surface area contributed by atoms with Crippen LogP contribution in [0, 0.1) is 0 Å². The molecule has 0 spiro atoms. The standard InChI is InChI=1S/C16H17NO6S/c1-21-13-8-9-14(22-2)15(10-13)24(19,20)17-12-6-4-11(5-7-12)16(18)23-3/h4-10,17H,1-3H3. The van der Waals surface area contributed by atoms with Crippen molar-refractivity contribution in [1.29, 1.82) is 0 Å². The summed E-state index contributed by atoms with van der Waals surface area (Å²) in [7, 11) is 0.196. The van der Waals surface area contributed by atoms with Crippen molar-refractivity contribution in [2.75, 3.05) is 26.1 Å². The molecule has 0 heterocycles. The second-order valence-corrected chi connectivity index (χ2v) is 6.34. The van der Waals surface area contributed by atoms with Crippen molar-refractivity contribution >= 4 is 21.7 Å². The predicted molar refractivity (Wildman–Crippen MR) is 88.1 cm³/mol. The van der Waals surface area contributed by atoms with E-state index >= 15 is 0 Å². The Hall–Kier alpha value is -2.74. The lowest BCUT2D eigenvalue weighted by molar-refractivity contribution is 0.0601. The van der Waals surface area contributed by atoms with Gasteiger partial charge in [-0.25, -0.2) is 13.2 Å². The number of nitrogens with one attached hydrogen (secondary N) is 1. The van der Waals surface area contributed by atoms with Gasteiger partial charge >= 0.3 is 5.97 Å². The molecule has 0 aliphatic rings. The first-order valence-electron chi connectivity index (χ1n) is 6.84. The lowest BCUT2D eigenvalue weighted by Crippen LogP contribution is -2.14. The SMILES string of the molecule is COC(=O)c1ccc(NS(=O)(=O)c2cc(OC)ccc2OC)cc1. The average molecular weight is 351 g/mol. The molecule has 0 unspecified atom stereocenters. The molecule has 0 radical (unpaired) electrons. The Balaban J connectivity index is 2.33. The maximum absolute atomic E-state index is 12.6. The molecule has 0 aliphatic carbocycles. The van der Waals surface area contributed by atoms with Gasteiger partial charge in [0.1, 0.15) is 16.4 Å². The molecule has 128 valence electrons. The zero-order chi connectivity index (χ0) is 17.7. The zero-order valence-electron chi connectivity index (χ0n) is 13.4. The van der Waals surface area contributed by atoms with Crippen molar-refractivity contribution in [3.05, 3.63) is 48.0 Å². The van der Waals surface area contributed by atoms with Crippen LogP contribution < -0.4 is 14.2 Å². The third-order valence-electron chi connectivity index (χ3n) is 3.22. The number of esters is 1. The highest BCUT2D eigenvalue weighted by Gasteiger charge is 2.21. The summed E-state index contributed by atoms with van der Waals surface area (Å²) in [6, 6.07) is 10.3.